The lowest BCUT2D eigenvalue weighted by Crippen LogP contribution is -2.41. The van der Waals surface area contributed by atoms with E-state index in [4.69, 9.17) is 11.2 Å². The maximum absolute atomic E-state index is 12.0. The Morgan fingerprint density at radius 1 is 1.32 bits per heavy atom. The maximum Gasteiger partial charge on any atom is 0.243 e. The van der Waals surface area contributed by atoms with Gasteiger partial charge in [-0.05, 0) is 38.0 Å². The molecule has 0 aliphatic heterocycles. The summed E-state index contributed by atoms with van der Waals surface area (Å²) >= 11 is 0. The van der Waals surface area contributed by atoms with E-state index in [-0.39, 0.29) is 36.4 Å². The van der Waals surface area contributed by atoms with Crippen LogP contribution in [-0.4, -0.2) is 45.2 Å². The first-order chi connectivity index (χ1) is 11.7. The Morgan fingerprint density at radius 2 is 2.12 bits per heavy atom. The SMILES string of the molecule is C#Cc1cccc(NC(=O)CNC(=NC)NCCCCOCC)c1.I. The van der Waals surface area contributed by atoms with Gasteiger partial charge in [-0.25, -0.2) is 0 Å². The van der Waals surface area contributed by atoms with Crippen molar-refractivity contribution in [1.29, 1.82) is 0 Å². The van der Waals surface area contributed by atoms with Crippen LogP contribution in [0.5, 0.6) is 0 Å². The molecule has 0 heterocycles. The third-order valence-corrected chi connectivity index (χ3v) is 3.17. The summed E-state index contributed by atoms with van der Waals surface area (Å²) in [7, 11) is 1.67. The van der Waals surface area contributed by atoms with Crippen molar-refractivity contribution in [3.8, 4) is 12.3 Å². The zero-order chi connectivity index (χ0) is 17.6. The number of hydrogen-bond donors (Lipinski definition) is 3. The highest BCUT2D eigenvalue weighted by Crippen LogP contribution is 2.09. The quantitative estimate of drug-likeness (QED) is 0.175. The molecule has 0 atom stereocenters. The Bertz CT molecular complexity index is 585. The van der Waals surface area contributed by atoms with Crippen LogP contribution in [0, 0.1) is 12.3 Å². The normalized spacial score (nSPS) is 10.4. The predicted octanol–water partition coefficient (Wildman–Crippen LogP) is 2.21. The van der Waals surface area contributed by atoms with Crippen molar-refractivity contribution in [2.24, 2.45) is 4.99 Å². The fraction of sp³-hybridized carbons (Fsp3) is 0.444. The highest BCUT2D eigenvalue weighted by atomic mass is 127. The molecule has 138 valence electrons. The molecule has 25 heavy (non-hydrogen) atoms. The minimum Gasteiger partial charge on any atom is -0.382 e. The second-order valence-corrected chi connectivity index (χ2v) is 5.03. The van der Waals surface area contributed by atoms with E-state index < -0.39 is 0 Å². The van der Waals surface area contributed by atoms with Gasteiger partial charge in [-0.2, -0.15) is 0 Å². The molecule has 0 unspecified atom stereocenters. The summed E-state index contributed by atoms with van der Waals surface area (Å²) in [4.78, 5) is 16.0. The predicted molar refractivity (Wildman–Crippen MR) is 114 cm³/mol. The summed E-state index contributed by atoms with van der Waals surface area (Å²) < 4.78 is 5.28. The van der Waals surface area contributed by atoms with Crippen LogP contribution in [-0.2, 0) is 9.53 Å². The van der Waals surface area contributed by atoms with Gasteiger partial charge in [-0.1, -0.05) is 12.0 Å². The van der Waals surface area contributed by atoms with Crippen molar-refractivity contribution in [2.45, 2.75) is 19.8 Å². The summed E-state index contributed by atoms with van der Waals surface area (Å²) in [6.45, 7) is 4.40. The van der Waals surface area contributed by atoms with Crippen LogP contribution in [0.15, 0.2) is 29.3 Å². The number of carbonyl (C=O) groups excluding carboxylic acids is 1. The van der Waals surface area contributed by atoms with Crippen LogP contribution in [0.4, 0.5) is 5.69 Å². The molecule has 1 aromatic rings. The number of halogens is 1. The van der Waals surface area contributed by atoms with Gasteiger partial charge in [0.05, 0.1) is 6.54 Å². The van der Waals surface area contributed by atoms with Crippen LogP contribution >= 0.6 is 24.0 Å². The second-order valence-electron chi connectivity index (χ2n) is 5.03. The average molecular weight is 458 g/mol. The van der Waals surface area contributed by atoms with E-state index in [9.17, 15) is 4.79 Å². The van der Waals surface area contributed by atoms with Crippen molar-refractivity contribution in [2.75, 3.05) is 38.7 Å². The van der Waals surface area contributed by atoms with Gasteiger partial charge >= 0.3 is 0 Å². The Morgan fingerprint density at radius 3 is 2.80 bits per heavy atom. The Kier molecular flexibility index (Phi) is 13.5. The zero-order valence-corrected chi connectivity index (χ0v) is 17.1. The number of benzene rings is 1. The van der Waals surface area contributed by atoms with Crippen LogP contribution in [0.1, 0.15) is 25.3 Å². The van der Waals surface area contributed by atoms with Gasteiger partial charge < -0.3 is 20.7 Å². The number of unbranched alkanes of at least 4 members (excludes halogenated alkanes) is 1. The number of terminal acetylenes is 1. The van der Waals surface area contributed by atoms with Crippen LogP contribution in [0.3, 0.4) is 0 Å². The molecular formula is C18H27IN4O2. The average Bonchev–Trinajstić information content (AvgIpc) is 2.60. The number of rotatable bonds is 9. The summed E-state index contributed by atoms with van der Waals surface area (Å²) in [6, 6.07) is 7.17. The van der Waals surface area contributed by atoms with E-state index >= 15 is 0 Å². The number of amides is 1. The molecule has 0 spiro atoms. The van der Waals surface area contributed by atoms with Crippen molar-refractivity contribution in [3.05, 3.63) is 29.8 Å². The van der Waals surface area contributed by atoms with Crippen LogP contribution < -0.4 is 16.0 Å². The standard InChI is InChI=1S/C18H26N4O2.HI/c1-4-15-9-8-10-16(13-15)22-17(23)14-21-18(19-3)20-11-6-7-12-24-5-2;/h1,8-10,13H,5-7,11-12,14H2,2-3H3,(H,22,23)(H2,19,20,21);1H. The molecule has 1 rings (SSSR count). The summed E-state index contributed by atoms with van der Waals surface area (Å²) in [5.74, 6) is 2.97. The molecule has 0 aliphatic rings. The molecule has 1 aromatic carbocycles. The smallest absolute Gasteiger partial charge is 0.243 e. The minimum absolute atomic E-state index is 0. The molecule has 0 radical (unpaired) electrons. The summed E-state index contributed by atoms with van der Waals surface area (Å²) in [6.07, 6.45) is 7.31. The topological polar surface area (TPSA) is 74.8 Å². The van der Waals surface area contributed by atoms with E-state index in [0.717, 1.165) is 38.2 Å². The van der Waals surface area contributed by atoms with Gasteiger partial charge in [0.25, 0.3) is 0 Å². The van der Waals surface area contributed by atoms with Crippen LogP contribution in [0.2, 0.25) is 0 Å². The Balaban J connectivity index is 0.00000576. The number of nitrogens with zero attached hydrogens (tertiary/aromatic N) is 1. The fourth-order valence-electron chi connectivity index (χ4n) is 1.96. The zero-order valence-electron chi connectivity index (χ0n) is 14.8. The first kappa shape index (κ1) is 23.2. The minimum atomic E-state index is -0.163. The number of aliphatic imine (C=N–C) groups is 1. The molecule has 0 aromatic heterocycles. The Labute approximate surface area is 167 Å². The molecule has 3 N–H and O–H groups in total. The van der Waals surface area contributed by atoms with E-state index in [2.05, 4.69) is 26.9 Å². The molecule has 1 amide bonds. The third kappa shape index (κ3) is 10.6. The molecular weight excluding hydrogens is 431 g/mol. The number of anilines is 1. The highest BCUT2D eigenvalue weighted by molar-refractivity contribution is 14.0. The third-order valence-electron chi connectivity index (χ3n) is 3.17. The van der Waals surface area contributed by atoms with Gasteiger partial charge in [0.2, 0.25) is 5.91 Å². The van der Waals surface area contributed by atoms with E-state index in [1.807, 2.05) is 13.0 Å². The molecule has 0 saturated carbocycles. The number of hydrogen-bond acceptors (Lipinski definition) is 3. The van der Waals surface area contributed by atoms with Gasteiger partial charge in [-0.3, -0.25) is 9.79 Å². The fourth-order valence-corrected chi connectivity index (χ4v) is 1.96. The molecule has 0 fully saturated rings. The molecule has 7 heteroatoms. The van der Waals surface area contributed by atoms with Gasteiger partial charge in [-0.15, -0.1) is 30.4 Å². The van der Waals surface area contributed by atoms with Crippen molar-refractivity contribution in [3.63, 3.8) is 0 Å². The lowest BCUT2D eigenvalue weighted by molar-refractivity contribution is -0.115. The molecule has 0 saturated heterocycles. The van der Waals surface area contributed by atoms with Crippen molar-refractivity contribution in [1.82, 2.24) is 10.6 Å². The molecule has 6 nitrogen and oxygen atoms in total. The molecule has 0 bridgehead atoms. The monoisotopic (exact) mass is 458 g/mol. The van der Waals surface area contributed by atoms with E-state index in [1.165, 1.54) is 0 Å². The lowest BCUT2D eigenvalue weighted by Gasteiger charge is -2.12. The van der Waals surface area contributed by atoms with E-state index in [1.54, 1.807) is 25.2 Å². The van der Waals surface area contributed by atoms with Crippen LogP contribution in [0.25, 0.3) is 0 Å². The lowest BCUT2D eigenvalue weighted by atomic mass is 10.2. The van der Waals surface area contributed by atoms with Gasteiger partial charge in [0, 0.05) is 38.1 Å². The highest BCUT2D eigenvalue weighted by Gasteiger charge is 2.04. The summed E-state index contributed by atoms with van der Waals surface area (Å²) in [5, 5.41) is 8.93. The number of nitrogens with one attached hydrogen (secondary N) is 3. The second kappa shape index (κ2) is 14.5. The van der Waals surface area contributed by atoms with Gasteiger partial charge in [0.15, 0.2) is 5.96 Å². The first-order valence-electron chi connectivity index (χ1n) is 8.08. The van der Waals surface area contributed by atoms with Crippen molar-refractivity contribution >= 4 is 41.5 Å². The number of ether oxygens (including phenoxy) is 1. The van der Waals surface area contributed by atoms with Crippen molar-refractivity contribution < 1.29 is 9.53 Å². The Hall–Kier alpha value is -1.79. The summed E-state index contributed by atoms with van der Waals surface area (Å²) in [5.41, 5.74) is 1.40. The van der Waals surface area contributed by atoms with Gasteiger partial charge in [0.1, 0.15) is 0 Å². The maximum atomic E-state index is 12.0. The molecule has 0 aliphatic carbocycles. The largest absolute Gasteiger partial charge is 0.382 e. The number of guanidine groups is 1. The number of carbonyl (C=O) groups is 1. The van der Waals surface area contributed by atoms with E-state index in [0.29, 0.717) is 11.6 Å². The first-order valence-corrected chi connectivity index (χ1v) is 8.08.